The summed E-state index contributed by atoms with van der Waals surface area (Å²) in [6, 6.07) is 5.32. The van der Waals surface area contributed by atoms with Gasteiger partial charge in [-0.2, -0.15) is 0 Å². The number of ether oxygens (including phenoxy) is 1. The van der Waals surface area contributed by atoms with Crippen molar-refractivity contribution in [1.82, 2.24) is 4.98 Å². The highest BCUT2D eigenvalue weighted by Gasteiger charge is 2.14. The SMILES string of the molecule is COC(=O)Cc1csc(NC(=O)c2cc(Br)ccc2Br)n1. The van der Waals surface area contributed by atoms with Gasteiger partial charge >= 0.3 is 5.97 Å². The zero-order chi connectivity index (χ0) is 15.4. The third-order valence-electron chi connectivity index (χ3n) is 2.50. The van der Waals surface area contributed by atoms with Gasteiger partial charge in [-0.3, -0.25) is 14.9 Å². The van der Waals surface area contributed by atoms with Crippen LogP contribution in [0.25, 0.3) is 0 Å². The second-order valence-corrected chi connectivity index (χ2v) is 6.60. The molecule has 0 unspecified atom stereocenters. The van der Waals surface area contributed by atoms with E-state index in [9.17, 15) is 9.59 Å². The van der Waals surface area contributed by atoms with E-state index in [1.165, 1.54) is 18.4 Å². The van der Waals surface area contributed by atoms with Crippen molar-refractivity contribution in [2.45, 2.75) is 6.42 Å². The van der Waals surface area contributed by atoms with Crippen molar-refractivity contribution in [1.29, 1.82) is 0 Å². The molecule has 110 valence electrons. The molecular weight excluding hydrogens is 424 g/mol. The summed E-state index contributed by atoms with van der Waals surface area (Å²) in [7, 11) is 1.32. The summed E-state index contributed by atoms with van der Waals surface area (Å²) >= 11 is 7.91. The van der Waals surface area contributed by atoms with Crippen LogP contribution < -0.4 is 5.32 Å². The number of amides is 1. The molecule has 8 heteroatoms. The topological polar surface area (TPSA) is 68.3 Å². The molecule has 0 aliphatic carbocycles. The number of thiazole rings is 1. The highest BCUT2D eigenvalue weighted by Crippen LogP contribution is 2.23. The Morgan fingerprint density at radius 3 is 2.86 bits per heavy atom. The maximum absolute atomic E-state index is 12.2. The molecule has 0 spiro atoms. The zero-order valence-electron chi connectivity index (χ0n) is 10.9. The van der Waals surface area contributed by atoms with Gasteiger partial charge in [0.05, 0.1) is 24.8 Å². The van der Waals surface area contributed by atoms with Gasteiger partial charge in [0.15, 0.2) is 5.13 Å². The first kappa shape index (κ1) is 16.1. The molecule has 0 radical (unpaired) electrons. The highest BCUT2D eigenvalue weighted by molar-refractivity contribution is 9.11. The zero-order valence-corrected chi connectivity index (χ0v) is 14.8. The number of anilines is 1. The Morgan fingerprint density at radius 1 is 1.38 bits per heavy atom. The quantitative estimate of drug-likeness (QED) is 0.747. The molecule has 0 bridgehead atoms. The summed E-state index contributed by atoms with van der Waals surface area (Å²) in [5.74, 6) is -0.643. The predicted molar refractivity (Wildman–Crippen MR) is 87.6 cm³/mol. The number of methoxy groups -OCH3 is 1. The van der Waals surface area contributed by atoms with E-state index >= 15 is 0 Å². The van der Waals surface area contributed by atoms with Crippen LogP contribution in [0.15, 0.2) is 32.5 Å². The molecule has 0 saturated carbocycles. The summed E-state index contributed by atoms with van der Waals surface area (Å²) < 4.78 is 6.07. The van der Waals surface area contributed by atoms with E-state index in [1.807, 2.05) is 6.07 Å². The molecule has 1 aromatic carbocycles. The fraction of sp³-hybridized carbons (Fsp3) is 0.154. The Kier molecular flexibility index (Phi) is 5.49. The van der Waals surface area contributed by atoms with E-state index in [2.05, 4.69) is 46.9 Å². The minimum absolute atomic E-state index is 0.0868. The minimum atomic E-state index is -0.368. The Hall–Kier alpha value is -1.25. The molecule has 21 heavy (non-hydrogen) atoms. The van der Waals surface area contributed by atoms with Crippen molar-refractivity contribution in [3.63, 3.8) is 0 Å². The maximum atomic E-state index is 12.2. The predicted octanol–water partition coefficient (Wildman–Crippen LogP) is 3.64. The number of rotatable bonds is 4. The normalized spacial score (nSPS) is 10.2. The summed E-state index contributed by atoms with van der Waals surface area (Å²) in [6.45, 7) is 0. The van der Waals surface area contributed by atoms with Gasteiger partial charge < -0.3 is 4.74 Å². The average molecular weight is 434 g/mol. The second kappa shape index (κ2) is 7.15. The first-order chi connectivity index (χ1) is 9.99. The van der Waals surface area contributed by atoms with E-state index in [0.29, 0.717) is 20.9 Å². The van der Waals surface area contributed by atoms with Crippen molar-refractivity contribution in [2.24, 2.45) is 0 Å². The van der Waals surface area contributed by atoms with Gasteiger partial charge in [0.2, 0.25) is 0 Å². The number of aromatic nitrogens is 1. The van der Waals surface area contributed by atoms with Gasteiger partial charge in [0.1, 0.15) is 0 Å². The lowest BCUT2D eigenvalue weighted by molar-refractivity contribution is -0.139. The van der Waals surface area contributed by atoms with E-state index in [1.54, 1.807) is 17.5 Å². The number of hydrogen-bond acceptors (Lipinski definition) is 5. The van der Waals surface area contributed by atoms with Crippen LogP contribution in [0.3, 0.4) is 0 Å². The van der Waals surface area contributed by atoms with Crippen LogP contribution in [-0.4, -0.2) is 24.0 Å². The first-order valence-electron chi connectivity index (χ1n) is 5.77. The van der Waals surface area contributed by atoms with Gasteiger partial charge in [0.25, 0.3) is 5.91 Å². The molecule has 2 rings (SSSR count). The first-order valence-corrected chi connectivity index (χ1v) is 8.24. The van der Waals surface area contributed by atoms with Gasteiger partial charge in [-0.15, -0.1) is 11.3 Å². The van der Waals surface area contributed by atoms with E-state index in [-0.39, 0.29) is 18.3 Å². The monoisotopic (exact) mass is 432 g/mol. The lowest BCUT2D eigenvalue weighted by atomic mass is 10.2. The number of hydrogen-bond donors (Lipinski definition) is 1. The van der Waals surface area contributed by atoms with Crippen LogP contribution in [0.4, 0.5) is 5.13 Å². The fourth-order valence-electron chi connectivity index (χ4n) is 1.50. The third-order valence-corrected chi connectivity index (χ3v) is 4.49. The Balaban J connectivity index is 2.09. The average Bonchev–Trinajstić information content (AvgIpc) is 2.88. The molecule has 0 saturated heterocycles. The van der Waals surface area contributed by atoms with Crippen LogP contribution in [0.5, 0.6) is 0 Å². The molecule has 1 aromatic heterocycles. The lowest BCUT2D eigenvalue weighted by Gasteiger charge is -2.04. The summed E-state index contributed by atoms with van der Waals surface area (Å²) in [4.78, 5) is 27.5. The largest absolute Gasteiger partial charge is 0.469 e. The fourth-order valence-corrected chi connectivity index (χ4v) is 2.99. The number of benzene rings is 1. The number of carbonyl (C=O) groups excluding carboxylic acids is 2. The molecule has 1 heterocycles. The standard InChI is InChI=1S/C13H10Br2N2O3S/c1-20-11(18)5-8-6-21-13(16-8)17-12(19)9-4-7(14)2-3-10(9)15/h2-4,6H,5H2,1H3,(H,16,17,19). The molecule has 5 nitrogen and oxygen atoms in total. The van der Waals surface area contributed by atoms with Crippen LogP contribution in [0, 0.1) is 0 Å². The minimum Gasteiger partial charge on any atom is -0.469 e. The van der Waals surface area contributed by atoms with Gasteiger partial charge in [-0.1, -0.05) is 15.9 Å². The number of halogens is 2. The van der Waals surface area contributed by atoms with E-state index in [4.69, 9.17) is 0 Å². The van der Waals surface area contributed by atoms with Crippen LogP contribution in [0.2, 0.25) is 0 Å². The van der Waals surface area contributed by atoms with E-state index in [0.717, 1.165) is 4.47 Å². The molecule has 2 aromatic rings. The van der Waals surface area contributed by atoms with Crippen LogP contribution in [-0.2, 0) is 16.0 Å². The molecule has 0 fully saturated rings. The molecule has 1 amide bonds. The molecule has 0 aliphatic rings. The molecule has 0 aliphatic heterocycles. The molecule has 1 N–H and O–H groups in total. The smallest absolute Gasteiger partial charge is 0.311 e. The molecular formula is C13H10Br2N2O3S. The van der Waals surface area contributed by atoms with Crippen molar-refractivity contribution in [2.75, 3.05) is 12.4 Å². The lowest BCUT2D eigenvalue weighted by Crippen LogP contribution is -2.12. The highest BCUT2D eigenvalue weighted by atomic mass is 79.9. The number of carbonyl (C=O) groups is 2. The summed E-state index contributed by atoms with van der Waals surface area (Å²) in [6.07, 6.45) is 0.0868. The van der Waals surface area contributed by atoms with Gasteiger partial charge in [-0.05, 0) is 34.1 Å². The number of nitrogens with zero attached hydrogens (tertiary/aromatic N) is 1. The number of nitrogens with one attached hydrogen (secondary N) is 1. The summed E-state index contributed by atoms with van der Waals surface area (Å²) in [5.41, 5.74) is 1.06. The summed E-state index contributed by atoms with van der Waals surface area (Å²) in [5, 5.41) is 4.85. The van der Waals surface area contributed by atoms with Crippen LogP contribution >= 0.6 is 43.2 Å². The van der Waals surface area contributed by atoms with Crippen LogP contribution in [0.1, 0.15) is 16.1 Å². The van der Waals surface area contributed by atoms with Crippen molar-refractivity contribution >= 4 is 60.2 Å². The van der Waals surface area contributed by atoms with Crippen molar-refractivity contribution < 1.29 is 14.3 Å². The Bertz CT molecular complexity index is 688. The third kappa shape index (κ3) is 4.36. The maximum Gasteiger partial charge on any atom is 0.311 e. The van der Waals surface area contributed by atoms with Gasteiger partial charge in [-0.25, -0.2) is 4.98 Å². The van der Waals surface area contributed by atoms with Gasteiger partial charge in [0, 0.05) is 14.3 Å². The van der Waals surface area contributed by atoms with Crippen molar-refractivity contribution in [3.8, 4) is 0 Å². The number of esters is 1. The van der Waals surface area contributed by atoms with E-state index < -0.39 is 0 Å². The second-order valence-electron chi connectivity index (χ2n) is 3.98. The Labute approximate surface area is 142 Å². The Morgan fingerprint density at radius 2 is 2.14 bits per heavy atom. The molecule has 0 atom stereocenters. The van der Waals surface area contributed by atoms with Crippen molar-refractivity contribution in [3.05, 3.63) is 43.8 Å².